The molecule has 1 saturated carbocycles. The fraction of sp³-hybridized carbons (Fsp3) is 0.613. The molecule has 2 heterocycles. The van der Waals surface area contributed by atoms with E-state index in [1.165, 1.54) is 37.7 Å². The van der Waals surface area contributed by atoms with E-state index in [4.69, 9.17) is 11.6 Å². The highest BCUT2D eigenvalue weighted by molar-refractivity contribution is 6.30. The summed E-state index contributed by atoms with van der Waals surface area (Å²) in [5.41, 5.74) is 1.70. The molecule has 2 aliphatic rings. The van der Waals surface area contributed by atoms with Crippen molar-refractivity contribution in [2.75, 3.05) is 44.7 Å². The maximum Gasteiger partial charge on any atom is 0.252 e. The van der Waals surface area contributed by atoms with Crippen molar-refractivity contribution < 1.29 is 9.90 Å². The molecule has 1 aromatic carbocycles. The minimum Gasteiger partial charge on any atom is -0.504 e. The molecule has 1 saturated heterocycles. The van der Waals surface area contributed by atoms with E-state index in [2.05, 4.69) is 58.0 Å². The molecule has 1 aromatic heterocycles. The smallest absolute Gasteiger partial charge is 0.252 e. The zero-order valence-electron chi connectivity index (χ0n) is 23.9. The monoisotopic (exact) mass is 555 g/mol. The number of carbonyl (C=O) groups excluding carboxylic acids is 1. The van der Waals surface area contributed by atoms with Crippen molar-refractivity contribution in [1.29, 1.82) is 0 Å². The number of nitrogens with zero attached hydrogens (tertiary/aromatic N) is 4. The van der Waals surface area contributed by atoms with Gasteiger partial charge >= 0.3 is 0 Å². The molecule has 7 nitrogen and oxygen atoms in total. The SMILES string of the molecule is CCC(CCN(C)Cc1ccc(Cl)cc1)N1CCN(c2ncc(C(=O)NCC3CCCCC3)cc2O)CC1C. The summed E-state index contributed by atoms with van der Waals surface area (Å²) >= 11 is 6.03. The number of carbonyl (C=O) groups is 1. The first kappa shape index (κ1) is 29.6. The van der Waals surface area contributed by atoms with Gasteiger partial charge in [0.15, 0.2) is 11.6 Å². The van der Waals surface area contributed by atoms with Gasteiger partial charge in [0, 0.05) is 56.0 Å². The fourth-order valence-electron chi connectivity index (χ4n) is 6.21. The first-order valence-electron chi connectivity index (χ1n) is 14.7. The molecule has 1 aliphatic carbocycles. The second kappa shape index (κ2) is 14.3. The summed E-state index contributed by atoms with van der Waals surface area (Å²) in [5.74, 6) is 1.06. The summed E-state index contributed by atoms with van der Waals surface area (Å²) in [4.78, 5) is 24.3. The third kappa shape index (κ3) is 8.32. The molecule has 1 aliphatic heterocycles. The van der Waals surface area contributed by atoms with E-state index in [0.29, 0.717) is 35.9 Å². The number of benzene rings is 1. The third-order valence-electron chi connectivity index (χ3n) is 8.51. The van der Waals surface area contributed by atoms with Crippen LogP contribution in [0.5, 0.6) is 5.75 Å². The van der Waals surface area contributed by atoms with E-state index < -0.39 is 0 Å². The van der Waals surface area contributed by atoms with Crippen molar-refractivity contribution in [2.24, 2.45) is 5.92 Å². The summed E-state index contributed by atoms with van der Waals surface area (Å²) in [6.07, 6.45) is 10.0. The lowest BCUT2D eigenvalue weighted by Crippen LogP contribution is -2.56. The van der Waals surface area contributed by atoms with Gasteiger partial charge in [0.2, 0.25) is 0 Å². The van der Waals surface area contributed by atoms with Crippen LogP contribution in [0.2, 0.25) is 5.02 Å². The minimum atomic E-state index is -0.153. The topological polar surface area (TPSA) is 71.9 Å². The molecule has 2 unspecified atom stereocenters. The van der Waals surface area contributed by atoms with E-state index in [0.717, 1.165) is 50.6 Å². The molecular formula is C31H46ClN5O2. The Hall–Kier alpha value is -2.35. The number of anilines is 1. The van der Waals surface area contributed by atoms with Gasteiger partial charge in [-0.2, -0.15) is 0 Å². The molecular weight excluding hydrogens is 510 g/mol. The zero-order valence-corrected chi connectivity index (χ0v) is 24.7. The quantitative estimate of drug-likeness (QED) is 0.378. The standard InChI is InChI=1S/C31H46ClN5O2/c1-4-28(14-15-35(3)22-25-10-12-27(32)13-11-25)37-17-16-36(21-23(37)2)30-29(38)18-26(20-33-30)31(39)34-19-24-8-6-5-7-9-24/h10-13,18,20,23-24,28,38H,4-9,14-17,19,21-22H2,1-3H3,(H,34,39). The first-order chi connectivity index (χ1) is 18.8. The van der Waals surface area contributed by atoms with Gasteiger partial charge in [-0.1, -0.05) is 49.9 Å². The predicted molar refractivity (Wildman–Crippen MR) is 160 cm³/mol. The number of hydrogen-bond acceptors (Lipinski definition) is 6. The van der Waals surface area contributed by atoms with Crippen molar-refractivity contribution in [3.05, 3.63) is 52.7 Å². The highest BCUT2D eigenvalue weighted by atomic mass is 35.5. The van der Waals surface area contributed by atoms with Gasteiger partial charge in [-0.3, -0.25) is 9.69 Å². The van der Waals surface area contributed by atoms with Crippen LogP contribution >= 0.6 is 11.6 Å². The number of amides is 1. The van der Waals surface area contributed by atoms with E-state index in [-0.39, 0.29) is 11.7 Å². The van der Waals surface area contributed by atoms with Crippen LogP contribution in [0, 0.1) is 5.92 Å². The van der Waals surface area contributed by atoms with E-state index in [1.54, 1.807) is 12.3 Å². The lowest BCUT2D eigenvalue weighted by atomic mass is 9.89. The summed E-state index contributed by atoms with van der Waals surface area (Å²) in [7, 11) is 2.18. The molecule has 0 spiro atoms. The van der Waals surface area contributed by atoms with Gasteiger partial charge in [-0.15, -0.1) is 0 Å². The first-order valence-corrected chi connectivity index (χ1v) is 15.1. The van der Waals surface area contributed by atoms with Crippen molar-refractivity contribution in [2.45, 2.75) is 77.4 Å². The van der Waals surface area contributed by atoms with Gasteiger partial charge in [-0.05, 0) is 75.9 Å². The second-order valence-corrected chi connectivity index (χ2v) is 12.0. The van der Waals surface area contributed by atoms with Crippen molar-refractivity contribution >= 4 is 23.3 Å². The molecule has 1 amide bonds. The van der Waals surface area contributed by atoms with Crippen molar-refractivity contribution in [3.63, 3.8) is 0 Å². The lowest BCUT2D eigenvalue weighted by molar-refractivity contribution is 0.0942. The Balaban J connectivity index is 1.27. The van der Waals surface area contributed by atoms with Gasteiger partial charge in [0.25, 0.3) is 5.91 Å². The van der Waals surface area contributed by atoms with Crippen molar-refractivity contribution in [3.8, 4) is 5.75 Å². The number of hydrogen-bond donors (Lipinski definition) is 2. The van der Waals surface area contributed by atoms with Gasteiger partial charge in [0.05, 0.1) is 5.56 Å². The molecule has 2 atom stereocenters. The molecule has 2 fully saturated rings. The zero-order chi connectivity index (χ0) is 27.8. The number of rotatable bonds is 11. The summed E-state index contributed by atoms with van der Waals surface area (Å²) < 4.78 is 0. The van der Waals surface area contributed by atoms with Crippen LogP contribution in [0.3, 0.4) is 0 Å². The Morgan fingerprint density at radius 3 is 2.62 bits per heavy atom. The van der Waals surface area contributed by atoms with Crippen LogP contribution in [0.4, 0.5) is 5.82 Å². The Labute approximate surface area is 239 Å². The van der Waals surface area contributed by atoms with Crippen LogP contribution in [-0.2, 0) is 6.54 Å². The molecule has 0 bridgehead atoms. The summed E-state index contributed by atoms with van der Waals surface area (Å²) in [6, 6.07) is 10.5. The highest BCUT2D eigenvalue weighted by Crippen LogP contribution is 2.29. The van der Waals surface area contributed by atoms with E-state index in [9.17, 15) is 9.90 Å². The Morgan fingerprint density at radius 2 is 1.95 bits per heavy atom. The molecule has 0 radical (unpaired) electrons. The van der Waals surface area contributed by atoms with Crippen LogP contribution in [0.25, 0.3) is 0 Å². The minimum absolute atomic E-state index is 0.0804. The van der Waals surface area contributed by atoms with Gasteiger partial charge in [0.1, 0.15) is 0 Å². The molecule has 214 valence electrons. The predicted octanol–water partition coefficient (Wildman–Crippen LogP) is 5.56. The Morgan fingerprint density at radius 1 is 1.21 bits per heavy atom. The summed E-state index contributed by atoms with van der Waals surface area (Å²) in [6.45, 7) is 9.70. The molecule has 39 heavy (non-hydrogen) atoms. The second-order valence-electron chi connectivity index (χ2n) is 11.5. The number of aromatic nitrogens is 1. The van der Waals surface area contributed by atoms with Crippen LogP contribution in [-0.4, -0.2) is 77.7 Å². The average molecular weight is 556 g/mol. The van der Waals surface area contributed by atoms with E-state index in [1.807, 2.05) is 12.1 Å². The van der Waals surface area contributed by atoms with E-state index >= 15 is 0 Å². The number of aromatic hydroxyl groups is 1. The highest BCUT2D eigenvalue weighted by Gasteiger charge is 2.30. The van der Waals surface area contributed by atoms with Crippen LogP contribution in [0.1, 0.15) is 74.7 Å². The maximum atomic E-state index is 12.7. The molecule has 2 aromatic rings. The number of pyridine rings is 1. The van der Waals surface area contributed by atoms with Crippen LogP contribution < -0.4 is 10.2 Å². The number of nitrogens with one attached hydrogen (secondary N) is 1. The van der Waals surface area contributed by atoms with Crippen LogP contribution in [0.15, 0.2) is 36.5 Å². The molecule has 2 N–H and O–H groups in total. The van der Waals surface area contributed by atoms with Crippen molar-refractivity contribution in [1.82, 2.24) is 20.1 Å². The maximum absolute atomic E-state index is 12.7. The number of halogens is 1. The third-order valence-corrected chi connectivity index (χ3v) is 8.77. The average Bonchev–Trinajstić information content (AvgIpc) is 2.94. The molecule has 4 rings (SSSR count). The Kier molecular flexibility index (Phi) is 10.9. The summed E-state index contributed by atoms with van der Waals surface area (Å²) in [5, 5.41) is 14.6. The van der Waals surface area contributed by atoms with Gasteiger partial charge in [-0.25, -0.2) is 4.98 Å². The normalized spacial score (nSPS) is 19.8. The fourth-order valence-corrected chi connectivity index (χ4v) is 6.33. The number of piperazine rings is 1. The Bertz CT molecular complexity index is 1060. The van der Waals surface area contributed by atoms with Gasteiger partial charge < -0.3 is 20.2 Å². The lowest BCUT2D eigenvalue weighted by Gasteiger charge is -2.44. The largest absolute Gasteiger partial charge is 0.504 e. The molecule has 8 heteroatoms.